The molecule has 2 aliphatic carbocycles. The van der Waals surface area contributed by atoms with Crippen LogP contribution in [0.5, 0.6) is 5.75 Å². The van der Waals surface area contributed by atoms with Crippen LogP contribution in [0.1, 0.15) is 62.1 Å². The molecule has 0 aromatic heterocycles. The lowest BCUT2D eigenvalue weighted by atomic mass is 9.85. The maximum absolute atomic E-state index is 10.5. The average molecular weight is 275 g/mol. The Morgan fingerprint density at radius 2 is 2.00 bits per heavy atom. The van der Waals surface area contributed by atoms with Crippen molar-refractivity contribution in [2.24, 2.45) is 5.73 Å². The molecule has 3 N–H and O–H groups in total. The number of aliphatic hydroxyl groups is 1. The van der Waals surface area contributed by atoms with Gasteiger partial charge in [0, 0.05) is 6.04 Å². The van der Waals surface area contributed by atoms with E-state index in [4.69, 9.17) is 10.5 Å². The summed E-state index contributed by atoms with van der Waals surface area (Å²) in [5.74, 6) is 0.847. The molecule has 3 rings (SSSR count). The van der Waals surface area contributed by atoms with Crippen molar-refractivity contribution in [3.8, 4) is 5.75 Å². The molecule has 0 amide bonds. The zero-order chi connectivity index (χ0) is 14.0. The molecule has 1 atom stereocenters. The Balaban J connectivity index is 1.67. The van der Waals surface area contributed by atoms with Crippen LogP contribution in [0.25, 0.3) is 0 Å². The maximum atomic E-state index is 10.5. The van der Waals surface area contributed by atoms with Gasteiger partial charge in [-0.2, -0.15) is 0 Å². The molecule has 0 saturated heterocycles. The van der Waals surface area contributed by atoms with E-state index < -0.39 is 5.60 Å². The first kappa shape index (κ1) is 13.9. The van der Waals surface area contributed by atoms with Crippen LogP contribution in [0, 0.1) is 0 Å². The van der Waals surface area contributed by atoms with E-state index in [1.165, 1.54) is 24.0 Å². The van der Waals surface area contributed by atoms with Crippen molar-refractivity contribution in [1.29, 1.82) is 0 Å². The highest BCUT2D eigenvalue weighted by Gasteiger charge is 2.30. The van der Waals surface area contributed by atoms with Crippen LogP contribution in [-0.2, 0) is 6.42 Å². The van der Waals surface area contributed by atoms with Crippen molar-refractivity contribution in [1.82, 2.24) is 0 Å². The summed E-state index contributed by atoms with van der Waals surface area (Å²) >= 11 is 0. The Hall–Kier alpha value is -1.06. The number of benzene rings is 1. The van der Waals surface area contributed by atoms with Gasteiger partial charge in [-0.25, -0.2) is 0 Å². The molecular formula is C17H25NO2. The number of fused-ring (bicyclic) bond motifs is 1. The normalized spacial score (nSPS) is 25.0. The summed E-state index contributed by atoms with van der Waals surface area (Å²) in [6.45, 7) is 0.404. The van der Waals surface area contributed by atoms with Gasteiger partial charge in [0.2, 0.25) is 0 Å². The minimum Gasteiger partial charge on any atom is -0.491 e. The van der Waals surface area contributed by atoms with Gasteiger partial charge in [-0.3, -0.25) is 0 Å². The lowest BCUT2D eigenvalue weighted by molar-refractivity contribution is -0.0339. The molecule has 1 aromatic carbocycles. The molecule has 0 heterocycles. The van der Waals surface area contributed by atoms with Crippen molar-refractivity contribution < 1.29 is 9.84 Å². The van der Waals surface area contributed by atoms with Crippen molar-refractivity contribution >= 4 is 0 Å². The summed E-state index contributed by atoms with van der Waals surface area (Å²) < 4.78 is 5.86. The number of nitrogens with two attached hydrogens (primary N) is 1. The highest BCUT2D eigenvalue weighted by molar-refractivity contribution is 5.39. The van der Waals surface area contributed by atoms with E-state index in [0.29, 0.717) is 6.61 Å². The van der Waals surface area contributed by atoms with Gasteiger partial charge < -0.3 is 15.6 Å². The number of hydrogen-bond acceptors (Lipinski definition) is 3. The second-order valence-corrected chi connectivity index (χ2v) is 6.43. The van der Waals surface area contributed by atoms with Crippen LogP contribution < -0.4 is 10.5 Å². The first-order chi connectivity index (χ1) is 9.66. The lowest BCUT2D eigenvalue weighted by Gasteiger charge is -2.32. The van der Waals surface area contributed by atoms with E-state index >= 15 is 0 Å². The van der Waals surface area contributed by atoms with Gasteiger partial charge in [-0.15, -0.1) is 0 Å². The number of ether oxygens (including phenoxy) is 1. The van der Waals surface area contributed by atoms with E-state index in [1.54, 1.807) is 0 Å². The van der Waals surface area contributed by atoms with E-state index in [-0.39, 0.29) is 6.04 Å². The molecule has 3 nitrogen and oxygen atoms in total. The molecule has 3 heteroatoms. The number of rotatable bonds is 3. The van der Waals surface area contributed by atoms with Gasteiger partial charge in [-0.1, -0.05) is 25.3 Å². The van der Waals surface area contributed by atoms with Crippen molar-refractivity contribution in [2.45, 2.75) is 63.0 Å². The lowest BCUT2D eigenvalue weighted by Crippen LogP contribution is -2.37. The van der Waals surface area contributed by atoms with E-state index in [1.807, 2.05) is 6.07 Å². The fourth-order valence-electron chi connectivity index (χ4n) is 3.48. The zero-order valence-corrected chi connectivity index (χ0v) is 12.1. The molecule has 0 aliphatic heterocycles. The topological polar surface area (TPSA) is 55.5 Å². The first-order valence-corrected chi connectivity index (χ1v) is 7.90. The summed E-state index contributed by atoms with van der Waals surface area (Å²) in [4.78, 5) is 0. The molecular weight excluding hydrogens is 250 g/mol. The minimum absolute atomic E-state index is 0.139. The van der Waals surface area contributed by atoms with Crippen molar-refractivity contribution in [2.75, 3.05) is 6.61 Å². The molecule has 110 valence electrons. The van der Waals surface area contributed by atoms with Crippen LogP contribution >= 0.6 is 0 Å². The third-order valence-electron chi connectivity index (χ3n) is 4.77. The fourth-order valence-corrected chi connectivity index (χ4v) is 3.48. The highest BCUT2D eigenvalue weighted by atomic mass is 16.5. The molecule has 20 heavy (non-hydrogen) atoms. The van der Waals surface area contributed by atoms with Crippen LogP contribution in [0.2, 0.25) is 0 Å². The van der Waals surface area contributed by atoms with Crippen LogP contribution in [-0.4, -0.2) is 17.3 Å². The second-order valence-electron chi connectivity index (χ2n) is 6.43. The SMILES string of the molecule is NC1CCCc2ccc(OCC3(O)CCCCC3)cc21. The van der Waals surface area contributed by atoms with Crippen LogP contribution in [0.4, 0.5) is 0 Å². The molecule has 0 spiro atoms. The van der Waals surface area contributed by atoms with Crippen LogP contribution in [0.15, 0.2) is 18.2 Å². The van der Waals surface area contributed by atoms with Gasteiger partial charge in [0.1, 0.15) is 12.4 Å². The zero-order valence-electron chi connectivity index (χ0n) is 12.1. The summed E-state index contributed by atoms with van der Waals surface area (Å²) in [5, 5.41) is 10.5. The van der Waals surface area contributed by atoms with Gasteiger partial charge in [0.25, 0.3) is 0 Å². The molecule has 1 aromatic rings. The molecule has 2 aliphatic rings. The Labute approximate surface area is 121 Å². The Kier molecular flexibility index (Phi) is 3.99. The predicted molar refractivity (Wildman–Crippen MR) is 79.8 cm³/mol. The van der Waals surface area contributed by atoms with Gasteiger partial charge >= 0.3 is 0 Å². The molecule has 0 bridgehead atoms. The Morgan fingerprint density at radius 3 is 2.80 bits per heavy atom. The van der Waals surface area contributed by atoms with Crippen LogP contribution in [0.3, 0.4) is 0 Å². The van der Waals surface area contributed by atoms with Gasteiger partial charge in [0.05, 0.1) is 5.60 Å². The molecule has 1 fully saturated rings. The summed E-state index contributed by atoms with van der Waals surface area (Å²) in [6.07, 6.45) is 8.51. The third-order valence-corrected chi connectivity index (χ3v) is 4.77. The third kappa shape index (κ3) is 2.99. The van der Waals surface area contributed by atoms with E-state index in [2.05, 4.69) is 12.1 Å². The first-order valence-electron chi connectivity index (χ1n) is 7.90. The predicted octanol–water partition coefficient (Wildman–Crippen LogP) is 3.10. The van der Waals surface area contributed by atoms with E-state index in [0.717, 1.165) is 44.3 Å². The van der Waals surface area contributed by atoms with E-state index in [9.17, 15) is 5.11 Å². The Bertz CT molecular complexity index is 466. The minimum atomic E-state index is -0.629. The average Bonchev–Trinajstić information content (AvgIpc) is 2.47. The monoisotopic (exact) mass is 275 g/mol. The second kappa shape index (κ2) is 5.74. The standard InChI is InChI=1S/C17H25NO2/c18-16-6-4-5-13-7-8-14(11-15(13)16)20-12-17(19)9-2-1-3-10-17/h7-8,11,16,19H,1-6,9-10,12,18H2. The molecule has 1 unspecified atom stereocenters. The van der Waals surface area contributed by atoms with Crippen molar-refractivity contribution in [3.63, 3.8) is 0 Å². The largest absolute Gasteiger partial charge is 0.491 e. The molecule has 1 saturated carbocycles. The fraction of sp³-hybridized carbons (Fsp3) is 0.647. The highest BCUT2D eigenvalue weighted by Crippen LogP contribution is 2.32. The summed E-state index contributed by atoms with van der Waals surface area (Å²) in [7, 11) is 0. The molecule has 0 radical (unpaired) electrons. The Morgan fingerprint density at radius 1 is 1.20 bits per heavy atom. The smallest absolute Gasteiger partial charge is 0.119 e. The van der Waals surface area contributed by atoms with Gasteiger partial charge in [-0.05, 0) is 55.4 Å². The summed E-state index contributed by atoms with van der Waals surface area (Å²) in [6, 6.07) is 6.36. The quantitative estimate of drug-likeness (QED) is 0.891. The summed E-state index contributed by atoms with van der Waals surface area (Å²) in [5.41, 5.74) is 8.13. The van der Waals surface area contributed by atoms with Gasteiger partial charge in [0.15, 0.2) is 0 Å². The number of hydrogen-bond donors (Lipinski definition) is 2. The van der Waals surface area contributed by atoms with Crippen molar-refractivity contribution in [3.05, 3.63) is 29.3 Å². The maximum Gasteiger partial charge on any atom is 0.119 e. The number of aryl methyl sites for hydroxylation is 1.